The number of nitrogens with one attached hydrogen (secondary N) is 1. The Hall–Kier alpha value is -2.90. The molecule has 0 saturated heterocycles. The molecule has 0 bridgehead atoms. The van der Waals surface area contributed by atoms with E-state index in [4.69, 9.17) is 4.74 Å². The molecule has 2 heterocycles. The van der Waals surface area contributed by atoms with Crippen LogP contribution in [0.4, 0.5) is 5.69 Å². The summed E-state index contributed by atoms with van der Waals surface area (Å²) in [6.07, 6.45) is 0. The highest BCUT2D eigenvalue weighted by Gasteiger charge is 2.39. The minimum Gasteiger partial charge on any atom is -0.497 e. The lowest BCUT2D eigenvalue weighted by atomic mass is 10.2. The van der Waals surface area contributed by atoms with Crippen LogP contribution in [-0.4, -0.2) is 23.8 Å². The third-order valence-corrected chi connectivity index (χ3v) is 5.91. The SMILES string of the molecule is COc1ccc(CN2C(=O)C(Nc3cccc(Br)c3)=C(c3cccs3)C2=O)cc1. The van der Waals surface area contributed by atoms with Crippen LogP contribution < -0.4 is 10.1 Å². The van der Waals surface area contributed by atoms with Crippen molar-refractivity contribution in [2.45, 2.75) is 6.54 Å². The van der Waals surface area contributed by atoms with Crippen LogP contribution in [0.25, 0.3) is 5.57 Å². The molecule has 0 radical (unpaired) electrons. The minimum atomic E-state index is -0.339. The van der Waals surface area contributed by atoms with Crippen molar-refractivity contribution in [1.82, 2.24) is 4.90 Å². The zero-order valence-corrected chi connectivity index (χ0v) is 17.9. The van der Waals surface area contributed by atoms with Crippen LogP contribution in [0.2, 0.25) is 0 Å². The summed E-state index contributed by atoms with van der Waals surface area (Å²) in [5.74, 6) is 0.0854. The number of rotatable bonds is 6. The van der Waals surface area contributed by atoms with Crippen molar-refractivity contribution in [1.29, 1.82) is 0 Å². The normalized spacial score (nSPS) is 13.9. The Morgan fingerprint density at radius 3 is 2.48 bits per heavy atom. The minimum absolute atomic E-state index is 0.195. The molecule has 1 N–H and O–H groups in total. The van der Waals surface area contributed by atoms with Crippen LogP contribution in [0.15, 0.2) is 76.2 Å². The molecule has 7 heteroatoms. The number of carbonyl (C=O) groups excluding carboxylic acids is 2. The molecule has 146 valence electrons. The van der Waals surface area contributed by atoms with Gasteiger partial charge in [0.2, 0.25) is 0 Å². The number of benzene rings is 2. The maximum atomic E-state index is 13.2. The van der Waals surface area contributed by atoms with Gasteiger partial charge in [-0.15, -0.1) is 11.3 Å². The van der Waals surface area contributed by atoms with Gasteiger partial charge in [-0.1, -0.05) is 40.2 Å². The predicted octanol–water partition coefficient (Wildman–Crippen LogP) is 4.91. The molecule has 2 aromatic carbocycles. The van der Waals surface area contributed by atoms with Gasteiger partial charge in [0.15, 0.2) is 0 Å². The van der Waals surface area contributed by atoms with E-state index in [1.54, 1.807) is 7.11 Å². The van der Waals surface area contributed by atoms with Crippen molar-refractivity contribution in [3.8, 4) is 5.75 Å². The Morgan fingerprint density at radius 1 is 1.03 bits per heavy atom. The topological polar surface area (TPSA) is 58.6 Å². The van der Waals surface area contributed by atoms with E-state index in [1.807, 2.05) is 66.0 Å². The first-order valence-corrected chi connectivity index (χ1v) is 10.5. The second-order valence-electron chi connectivity index (χ2n) is 6.41. The van der Waals surface area contributed by atoms with Crippen LogP contribution in [0.5, 0.6) is 5.75 Å². The molecule has 1 aromatic heterocycles. The van der Waals surface area contributed by atoms with E-state index in [1.165, 1.54) is 16.2 Å². The van der Waals surface area contributed by atoms with E-state index in [9.17, 15) is 9.59 Å². The summed E-state index contributed by atoms with van der Waals surface area (Å²) in [7, 11) is 1.60. The van der Waals surface area contributed by atoms with Gasteiger partial charge in [0.25, 0.3) is 11.8 Å². The number of ether oxygens (including phenoxy) is 1. The van der Waals surface area contributed by atoms with Gasteiger partial charge in [-0.3, -0.25) is 14.5 Å². The first kappa shape index (κ1) is 19.4. The maximum absolute atomic E-state index is 13.2. The lowest BCUT2D eigenvalue weighted by Gasteiger charge is -2.15. The van der Waals surface area contributed by atoms with Gasteiger partial charge in [-0.2, -0.15) is 0 Å². The van der Waals surface area contributed by atoms with Gasteiger partial charge >= 0.3 is 0 Å². The van der Waals surface area contributed by atoms with Crippen LogP contribution >= 0.6 is 27.3 Å². The predicted molar refractivity (Wildman–Crippen MR) is 118 cm³/mol. The molecule has 3 aromatic rings. The number of methoxy groups -OCH3 is 1. The molecule has 5 nitrogen and oxygen atoms in total. The summed E-state index contributed by atoms with van der Waals surface area (Å²) < 4.78 is 6.05. The molecule has 0 aliphatic carbocycles. The van der Waals surface area contributed by atoms with Crippen LogP contribution in [0, 0.1) is 0 Å². The second-order valence-corrected chi connectivity index (χ2v) is 8.27. The van der Waals surface area contributed by atoms with E-state index in [2.05, 4.69) is 21.2 Å². The van der Waals surface area contributed by atoms with E-state index in [-0.39, 0.29) is 18.4 Å². The van der Waals surface area contributed by atoms with Gasteiger partial charge in [0.1, 0.15) is 11.4 Å². The molecule has 0 spiro atoms. The van der Waals surface area contributed by atoms with Crippen molar-refractivity contribution in [3.05, 3.63) is 86.7 Å². The molecule has 1 aliphatic heterocycles. The third-order valence-electron chi connectivity index (χ3n) is 4.53. The molecular formula is C22H17BrN2O3S. The average molecular weight is 469 g/mol. The van der Waals surface area contributed by atoms with Crippen LogP contribution in [-0.2, 0) is 16.1 Å². The van der Waals surface area contributed by atoms with Gasteiger partial charge in [-0.25, -0.2) is 0 Å². The number of hydrogen-bond donors (Lipinski definition) is 1. The smallest absolute Gasteiger partial charge is 0.278 e. The van der Waals surface area contributed by atoms with E-state index in [0.29, 0.717) is 11.3 Å². The average Bonchev–Trinajstić information content (AvgIpc) is 3.32. The largest absolute Gasteiger partial charge is 0.497 e. The van der Waals surface area contributed by atoms with Crippen LogP contribution in [0.1, 0.15) is 10.4 Å². The van der Waals surface area contributed by atoms with Gasteiger partial charge in [0.05, 0.1) is 19.2 Å². The number of imide groups is 1. The third kappa shape index (κ3) is 3.97. The standard InChI is InChI=1S/C22H17BrN2O3S/c1-28-17-9-7-14(8-10-17)13-25-21(26)19(18-6-3-11-29-18)20(22(25)27)24-16-5-2-4-15(23)12-16/h2-12,24H,13H2,1H3. The highest BCUT2D eigenvalue weighted by atomic mass is 79.9. The summed E-state index contributed by atoms with van der Waals surface area (Å²) in [5, 5.41) is 5.05. The Kier molecular flexibility index (Phi) is 5.51. The lowest BCUT2D eigenvalue weighted by molar-refractivity contribution is -0.137. The second kappa shape index (κ2) is 8.23. The fourth-order valence-corrected chi connectivity index (χ4v) is 4.28. The molecule has 0 atom stereocenters. The summed E-state index contributed by atoms with van der Waals surface area (Å²) in [6.45, 7) is 0.195. The lowest BCUT2D eigenvalue weighted by Crippen LogP contribution is -2.31. The zero-order valence-electron chi connectivity index (χ0n) is 15.5. The van der Waals surface area contributed by atoms with E-state index < -0.39 is 0 Å². The van der Waals surface area contributed by atoms with Crippen molar-refractivity contribution < 1.29 is 14.3 Å². The number of anilines is 1. The maximum Gasteiger partial charge on any atom is 0.278 e. The van der Waals surface area contributed by atoms with Gasteiger partial charge in [-0.05, 0) is 47.3 Å². The molecule has 0 unspecified atom stereocenters. The quantitative estimate of drug-likeness (QED) is 0.522. The van der Waals surface area contributed by atoms with Crippen LogP contribution in [0.3, 0.4) is 0 Å². The molecule has 0 saturated carbocycles. The van der Waals surface area contributed by atoms with Crippen molar-refractivity contribution >= 4 is 50.3 Å². The van der Waals surface area contributed by atoms with Crippen molar-refractivity contribution in [2.24, 2.45) is 0 Å². The first-order chi connectivity index (χ1) is 14.1. The highest BCUT2D eigenvalue weighted by Crippen LogP contribution is 2.34. The number of carbonyl (C=O) groups is 2. The fraction of sp³-hybridized carbons (Fsp3) is 0.0909. The summed E-state index contributed by atoms with van der Waals surface area (Å²) in [6, 6.07) is 18.5. The molecule has 29 heavy (non-hydrogen) atoms. The number of thiophene rings is 1. The molecular weight excluding hydrogens is 452 g/mol. The molecule has 0 fully saturated rings. The fourth-order valence-electron chi connectivity index (χ4n) is 3.11. The molecule has 4 rings (SSSR count). The van der Waals surface area contributed by atoms with Crippen molar-refractivity contribution in [2.75, 3.05) is 12.4 Å². The number of halogens is 1. The Morgan fingerprint density at radius 2 is 1.83 bits per heavy atom. The van der Waals surface area contributed by atoms with Gasteiger partial charge in [0, 0.05) is 15.0 Å². The van der Waals surface area contributed by atoms with E-state index >= 15 is 0 Å². The highest BCUT2D eigenvalue weighted by molar-refractivity contribution is 9.10. The first-order valence-electron chi connectivity index (χ1n) is 8.86. The summed E-state index contributed by atoms with van der Waals surface area (Å²) in [5.41, 5.74) is 2.28. The number of amides is 2. The molecule has 2 amide bonds. The van der Waals surface area contributed by atoms with Crippen molar-refractivity contribution in [3.63, 3.8) is 0 Å². The molecule has 1 aliphatic rings. The Bertz CT molecular complexity index is 1090. The number of hydrogen-bond acceptors (Lipinski definition) is 5. The monoisotopic (exact) mass is 468 g/mol. The number of nitrogens with zero attached hydrogens (tertiary/aromatic N) is 1. The van der Waals surface area contributed by atoms with E-state index in [0.717, 1.165) is 26.4 Å². The summed E-state index contributed by atoms with van der Waals surface area (Å²) in [4.78, 5) is 28.4. The summed E-state index contributed by atoms with van der Waals surface area (Å²) >= 11 is 4.87. The Balaban J connectivity index is 1.67. The zero-order chi connectivity index (χ0) is 20.4. The van der Waals surface area contributed by atoms with Gasteiger partial charge < -0.3 is 10.1 Å². The Labute approximate surface area is 180 Å².